The molecule has 22 heavy (non-hydrogen) atoms. The van der Waals surface area contributed by atoms with E-state index in [0.29, 0.717) is 0 Å². The zero-order chi connectivity index (χ0) is 16.4. The fraction of sp³-hybridized carbons (Fsp3) is 0.500. The van der Waals surface area contributed by atoms with Crippen molar-refractivity contribution in [1.29, 1.82) is 0 Å². The number of anilines is 1. The van der Waals surface area contributed by atoms with Crippen molar-refractivity contribution in [3.8, 4) is 0 Å². The number of benzene rings is 1. The molecule has 0 aromatic heterocycles. The van der Waals surface area contributed by atoms with Gasteiger partial charge >= 0.3 is 0 Å². The molecule has 1 aromatic rings. The topological polar surface area (TPSA) is 84.5 Å². The number of aliphatic imine (C=N–C) groups is 1. The van der Waals surface area contributed by atoms with Crippen LogP contribution >= 0.6 is 0 Å². The van der Waals surface area contributed by atoms with Gasteiger partial charge < -0.3 is 11.1 Å². The van der Waals surface area contributed by atoms with E-state index in [4.69, 9.17) is 5.73 Å². The van der Waals surface area contributed by atoms with E-state index in [1.165, 1.54) is 6.26 Å². The maximum Gasteiger partial charge on any atom is 0.193 e. The lowest BCUT2D eigenvalue weighted by Gasteiger charge is -2.40. The molecule has 0 bridgehead atoms. The molecule has 1 aliphatic carbocycles. The first-order valence-electron chi connectivity index (χ1n) is 6.89. The van der Waals surface area contributed by atoms with Gasteiger partial charge in [-0.3, -0.25) is 4.99 Å². The zero-order valence-electron chi connectivity index (χ0n) is 12.3. The summed E-state index contributed by atoms with van der Waals surface area (Å²) in [5, 5.41) is 2.50. The summed E-state index contributed by atoms with van der Waals surface area (Å²) in [4.78, 5) is 4.10. The molecule has 0 unspecified atom stereocenters. The average Bonchev–Trinajstić information content (AvgIpc) is 2.35. The Hall–Kier alpha value is -1.70. The molecular weight excluding hydrogens is 312 g/mol. The Labute approximate surface area is 128 Å². The van der Waals surface area contributed by atoms with Crippen LogP contribution in [0.2, 0.25) is 0 Å². The average molecular weight is 331 g/mol. The Bertz CT molecular complexity index is 685. The molecule has 5 nitrogen and oxygen atoms in total. The number of sulfone groups is 1. The van der Waals surface area contributed by atoms with E-state index in [1.807, 2.05) is 0 Å². The molecule has 1 fully saturated rings. The fourth-order valence-electron chi connectivity index (χ4n) is 2.60. The number of nitrogens with one attached hydrogen (secondary N) is 1. The van der Waals surface area contributed by atoms with Gasteiger partial charge in [0.15, 0.2) is 5.96 Å². The molecule has 1 aliphatic rings. The van der Waals surface area contributed by atoms with Crippen LogP contribution in [0.1, 0.15) is 19.3 Å². The molecule has 3 N–H and O–H groups in total. The van der Waals surface area contributed by atoms with Gasteiger partial charge in [0.05, 0.1) is 11.4 Å². The second kappa shape index (κ2) is 6.20. The Morgan fingerprint density at radius 3 is 2.64 bits per heavy atom. The normalized spacial score (nSPS) is 17.9. The van der Waals surface area contributed by atoms with Gasteiger partial charge in [0, 0.05) is 24.3 Å². The van der Waals surface area contributed by atoms with E-state index in [0.717, 1.165) is 37.5 Å². The summed E-state index contributed by atoms with van der Waals surface area (Å²) >= 11 is 0. The van der Waals surface area contributed by atoms with Crippen molar-refractivity contribution in [1.82, 2.24) is 0 Å². The predicted molar refractivity (Wildman–Crippen MR) is 82.5 cm³/mol. The first-order valence-corrected chi connectivity index (χ1v) is 8.95. The lowest BCUT2D eigenvalue weighted by molar-refractivity contribution is 0.177. The van der Waals surface area contributed by atoms with Crippen LogP contribution in [-0.4, -0.2) is 32.9 Å². The van der Waals surface area contributed by atoms with Crippen molar-refractivity contribution in [2.75, 3.05) is 23.9 Å². The molecule has 0 saturated heterocycles. The minimum absolute atomic E-state index is 0.0606. The molecule has 0 atom stereocenters. The molecule has 0 radical (unpaired) electrons. The van der Waals surface area contributed by atoms with Gasteiger partial charge in [0.2, 0.25) is 0 Å². The van der Waals surface area contributed by atoms with Gasteiger partial charge in [-0.1, -0.05) is 6.42 Å². The van der Waals surface area contributed by atoms with Gasteiger partial charge in [0.1, 0.15) is 21.5 Å². The maximum absolute atomic E-state index is 13.5. The summed E-state index contributed by atoms with van der Waals surface area (Å²) in [5.41, 5.74) is 5.18. The van der Waals surface area contributed by atoms with E-state index >= 15 is 0 Å². The first kappa shape index (κ1) is 16.7. The van der Waals surface area contributed by atoms with Crippen molar-refractivity contribution >= 4 is 21.5 Å². The first-order chi connectivity index (χ1) is 10.2. The van der Waals surface area contributed by atoms with Gasteiger partial charge in [-0.15, -0.1) is 0 Å². The summed E-state index contributed by atoms with van der Waals surface area (Å²) in [6.07, 6.45) is 3.69. The molecule has 2 rings (SSSR count). The third kappa shape index (κ3) is 4.40. The van der Waals surface area contributed by atoms with Gasteiger partial charge in [-0.05, 0) is 25.0 Å². The molecule has 0 aliphatic heterocycles. The molecule has 1 aromatic carbocycles. The van der Waals surface area contributed by atoms with Crippen molar-refractivity contribution in [3.63, 3.8) is 0 Å². The highest BCUT2D eigenvalue weighted by atomic mass is 32.2. The van der Waals surface area contributed by atoms with Crippen LogP contribution < -0.4 is 11.1 Å². The van der Waals surface area contributed by atoms with Crippen molar-refractivity contribution < 1.29 is 17.2 Å². The van der Waals surface area contributed by atoms with Crippen molar-refractivity contribution in [2.45, 2.75) is 19.3 Å². The van der Waals surface area contributed by atoms with E-state index in [1.54, 1.807) is 0 Å². The SMILES string of the molecule is CS(=O)(=O)CC1(CN=C(N)Nc2cc(F)ccc2F)CCC1. The largest absolute Gasteiger partial charge is 0.370 e. The second-order valence-electron chi connectivity index (χ2n) is 5.87. The fourth-order valence-corrected chi connectivity index (χ4v) is 4.10. The highest BCUT2D eigenvalue weighted by Crippen LogP contribution is 2.42. The van der Waals surface area contributed by atoms with Gasteiger partial charge in [0.25, 0.3) is 0 Å². The van der Waals surface area contributed by atoms with Crippen LogP contribution in [0.4, 0.5) is 14.5 Å². The smallest absolute Gasteiger partial charge is 0.193 e. The standard InChI is InChI=1S/C14H19F2N3O2S/c1-22(20,21)9-14(5-2-6-14)8-18-13(17)19-12-7-10(15)3-4-11(12)16/h3-4,7H,2,5-6,8-9H2,1H3,(H3,17,18,19). The number of nitrogens with zero attached hydrogens (tertiary/aromatic N) is 1. The summed E-state index contributed by atoms with van der Waals surface area (Å²) < 4.78 is 49.5. The molecule has 0 heterocycles. The van der Waals surface area contributed by atoms with Crippen LogP contribution in [-0.2, 0) is 9.84 Å². The number of nitrogens with two attached hydrogens (primary N) is 1. The molecule has 0 amide bonds. The summed E-state index contributed by atoms with van der Waals surface area (Å²) in [6, 6.07) is 2.97. The van der Waals surface area contributed by atoms with Crippen LogP contribution in [0.25, 0.3) is 0 Å². The minimum atomic E-state index is -3.10. The molecule has 8 heteroatoms. The summed E-state index contributed by atoms with van der Waals surface area (Å²) in [5.74, 6) is -1.24. The lowest BCUT2D eigenvalue weighted by atomic mass is 9.70. The zero-order valence-corrected chi connectivity index (χ0v) is 13.1. The molecule has 0 spiro atoms. The Morgan fingerprint density at radius 1 is 1.41 bits per heavy atom. The van der Waals surface area contributed by atoms with Crippen molar-refractivity contribution in [2.24, 2.45) is 16.1 Å². The van der Waals surface area contributed by atoms with Crippen LogP contribution in [0.5, 0.6) is 0 Å². The Balaban J connectivity index is 2.04. The monoisotopic (exact) mass is 331 g/mol. The van der Waals surface area contributed by atoms with Crippen LogP contribution in [0.3, 0.4) is 0 Å². The highest BCUT2D eigenvalue weighted by molar-refractivity contribution is 7.90. The number of hydrogen-bond donors (Lipinski definition) is 2. The van der Waals surface area contributed by atoms with Crippen molar-refractivity contribution in [3.05, 3.63) is 29.8 Å². The maximum atomic E-state index is 13.5. The van der Waals surface area contributed by atoms with E-state index in [9.17, 15) is 17.2 Å². The number of halogens is 2. The van der Waals surface area contributed by atoms with Crippen LogP contribution in [0.15, 0.2) is 23.2 Å². The number of rotatable bonds is 5. The molecule has 122 valence electrons. The number of guanidine groups is 1. The Morgan fingerprint density at radius 2 is 2.09 bits per heavy atom. The van der Waals surface area contributed by atoms with Crippen LogP contribution in [0, 0.1) is 17.0 Å². The molecular formula is C14H19F2N3O2S. The van der Waals surface area contributed by atoms with Gasteiger partial charge in [-0.25, -0.2) is 17.2 Å². The third-order valence-electron chi connectivity index (χ3n) is 3.76. The third-order valence-corrected chi connectivity index (χ3v) is 4.90. The van der Waals surface area contributed by atoms with E-state index < -0.39 is 21.5 Å². The Kier molecular flexibility index (Phi) is 4.69. The molecule has 1 saturated carbocycles. The van der Waals surface area contributed by atoms with E-state index in [2.05, 4.69) is 10.3 Å². The highest BCUT2D eigenvalue weighted by Gasteiger charge is 2.39. The summed E-state index contributed by atoms with van der Waals surface area (Å²) in [7, 11) is -3.10. The second-order valence-corrected chi connectivity index (χ2v) is 8.01. The number of hydrogen-bond acceptors (Lipinski definition) is 3. The quantitative estimate of drug-likeness (QED) is 0.637. The van der Waals surface area contributed by atoms with E-state index in [-0.39, 0.29) is 29.4 Å². The van der Waals surface area contributed by atoms with Gasteiger partial charge in [-0.2, -0.15) is 0 Å². The summed E-state index contributed by atoms with van der Waals surface area (Å²) in [6.45, 7) is 0.246. The minimum Gasteiger partial charge on any atom is -0.370 e. The lowest BCUT2D eigenvalue weighted by Crippen LogP contribution is -2.40. The predicted octanol–water partition coefficient (Wildman–Crippen LogP) is 1.91.